The molecule has 0 radical (unpaired) electrons. The molecule has 2 aromatic heterocycles. The van der Waals surface area contributed by atoms with Gasteiger partial charge in [-0.15, -0.1) is 0 Å². The summed E-state index contributed by atoms with van der Waals surface area (Å²) in [4.78, 5) is 9.52. The Balaban J connectivity index is 0. The lowest BCUT2D eigenvalue weighted by molar-refractivity contribution is -0.109. The molecular weight excluding hydrogens is 515 g/mol. The molecule has 8 heteroatoms. The summed E-state index contributed by atoms with van der Waals surface area (Å²) in [5, 5.41) is 16.4. The predicted octanol–water partition coefficient (Wildman–Crippen LogP) is 8.39. The van der Waals surface area contributed by atoms with Crippen LogP contribution >= 0.6 is 0 Å². The molecule has 1 aromatic carbocycles. The average molecular weight is 568 g/mol. The summed E-state index contributed by atoms with van der Waals surface area (Å²) >= 11 is 0. The molecule has 0 saturated heterocycles. The number of halogens is 3. The number of rotatable bonds is 5. The number of alkyl halides is 3. The smallest absolute Gasteiger partial charge is 0.235 e. The van der Waals surface area contributed by atoms with E-state index in [1.54, 1.807) is 0 Å². The summed E-state index contributed by atoms with van der Waals surface area (Å²) in [6.45, 7) is 23.5. The number of nitrogens with zero attached hydrogens (tertiary/aromatic N) is 2. The Kier molecular flexibility index (Phi) is 19.7. The first-order valence-corrected chi connectivity index (χ1v) is 14.2. The molecule has 1 fully saturated rings. The van der Waals surface area contributed by atoms with Gasteiger partial charge in [0.25, 0.3) is 0 Å². The van der Waals surface area contributed by atoms with Gasteiger partial charge < -0.3 is 10.4 Å². The van der Waals surface area contributed by atoms with Crippen LogP contribution in [0.25, 0.3) is 16.6 Å². The minimum atomic E-state index is -2.17. The van der Waals surface area contributed by atoms with Gasteiger partial charge in [0.05, 0.1) is 24.4 Å². The van der Waals surface area contributed by atoms with Gasteiger partial charge in [0, 0.05) is 23.6 Å². The zero-order valence-electron chi connectivity index (χ0n) is 26.6. The third-order valence-corrected chi connectivity index (χ3v) is 5.93. The number of nitrogens with one attached hydrogen (secondary N) is 1. The molecule has 40 heavy (non-hydrogen) atoms. The molecule has 1 amide bonds. The van der Waals surface area contributed by atoms with E-state index in [9.17, 15) is 23.1 Å². The molecule has 2 heterocycles. The van der Waals surface area contributed by atoms with Gasteiger partial charge in [-0.1, -0.05) is 73.6 Å². The molecule has 0 bridgehead atoms. The number of hydrogen-bond donors (Lipinski definition) is 2. The third kappa shape index (κ3) is 12.5. The van der Waals surface area contributed by atoms with E-state index >= 15 is 0 Å². The Morgan fingerprint density at radius 2 is 1.55 bits per heavy atom. The number of amides is 1. The number of aliphatic hydroxyl groups excluding tert-OH is 1. The van der Waals surface area contributed by atoms with E-state index in [2.05, 4.69) is 55.5 Å². The third-order valence-electron chi connectivity index (χ3n) is 5.93. The topological polar surface area (TPSA) is 66.6 Å². The van der Waals surface area contributed by atoms with Gasteiger partial charge in [-0.3, -0.25) is 4.79 Å². The molecule has 1 aliphatic rings. The molecule has 5 nitrogen and oxygen atoms in total. The molecular formula is C32H52F3N3O2. The first-order chi connectivity index (χ1) is 18.9. The zero-order valence-corrected chi connectivity index (χ0v) is 26.6. The van der Waals surface area contributed by atoms with Crippen molar-refractivity contribution in [1.82, 2.24) is 14.9 Å². The van der Waals surface area contributed by atoms with Crippen LogP contribution in [0.5, 0.6) is 0 Å². The monoisotopic (exact) mass is 567 g/mol. The van der Waals surface area contributed by atoms with Crippen LogP contribution < -0.4 is 5.32 Å². The Morgan fingerprint density at radius 1 is 1.07 bits per heavy atom. The predicted molar refractivity (Wildman–Crippen MR) is 163 cm³/mol. The highest BCUT2D eigenvalue weighted by atomic mass is 19.3. The minimum absolute atomic E-state index is 0.114. The quantitative estimate of drug-likeness (QED) is 0.304. The summed E-state index contributed by atoms with van der Waals surface area (Å²) in [6, 6.07) is 8.47. The van der Waals surface area contributed by atoms with Crippen molar-refractivity contribution in [2.24, 2.45) is 0 Å². The van der Waals surface area contributed by atoms with E-state index in [1.165, 1.54) is 22.3 Å². The minimum Gasteiger partial charge on any atom is -0.395 e. The molecule has 1 saturated carbocycles. The maximum absolute atomic E-state index is 11.7. The molecule has 3 aromatic rings. The van der Waals surface area contributed by atoms with E-state index in [4.69, 9.17) is 0 Å². The molecule has 0 aliphatic heterocycles. The molecule has 4 rings (SSSR count). The highest BCUT2D eigenvalue weighted by Crippen LogP contribution is 2.30. The lowest BCUT2D eigenvalue weighted by Gasteiger charge is -2.22. The van der Waals surface area contributed by atoms with Crippen LogP contribution in [0, 0.1) is 20.8 Å². The fraction of sp³-hybridized carbons (Fsp3) is 0.562. The molecule has 0 spiro atoms. The highest BCUT2D eigenvalue weighted by Gasteiger charge is 2.36. The van der Waals surface area contributed by atoms with Crippen molar-refractivity contribution in [3.05, 3.63) is 58.9 Å². The second-order valence-corrected chi connectivity index (χ2v) is 9.24. The molecule has 1 aliphatic carbocycles. The van der Waals surface area contributed by atoms with E-state index in [-0.39, 0.29) is 18.1 Å². The van der Waals surface area contributed by atoms with Gasteiger partial charge in [-0.05, 0) is 61.6 Å². The largest absolute Gasteiger partial charge is 0.395 e. The van der Waals surface area contributed by atoms with E-state index in [1.807, 2.05) is 72.3 Å². The SMILES string of the molecule is CC.CC.CC.CC(F)F.Cc1cc(-c2cnn3cc(C(C)(C)CO)ccc23)cc(C)c1C.O=CNC1CC1F. The summed E-state index contributed by atoms with van der Waals surface area (Å²) in [5.41, 5.74) is 8.20. The molecule has 2 atom stereocenters. The van der Waals surface area contributed by atoms with Gasteiger partial charge in [0.1, 0.15) is 6.17 Å². The maximum Gasteiger partial charge on any atom is 0.235 e. The van der Waals surface area contributed by atoms with Crippen LogP contribution in [0.2, 0.25) is 0 Å². The fourth-order valence-electron chi connectivity index (χ4n) is 3.31. The number of fused-ring (bicyclic) bond motifs is 1. The van der Waals surface area contributed by atoms with Crippen molar-refractivity contribution in [2.75, 3.05) is 6.61 Å². The van der Waals surface area contributed by atoms with Crippen LogP contribution in [0.15, 0.2) is 36.7 Å². The molecule has 228 valence electrons. The number of hydrogen-bond acceptors (Lipinski definition) is 3. The van der Waals surface area contributed by atoms with Crippen LogP contribution in [-0.2, 0) is 10.2 Å². The second kappa shape index (κ2) is 20.1. The van der Waals surface area contributed by atoms with Crippen LogP contribution in [0.1, 0.15) is 91.0 Å². The molecule has 2 N–H and O–H groups in total. The second-order valence-electron chi connectivity index (χ2n) is 9.24. The number of pyridine rings is 1. The maximum atomic E-state index is 11.7. The Labute approximate surface area is 240 Å². The summed E-state index contributed by atoms with van der Waals surface area (Å²) < 4.78 is 34.3. The Morgan fingerprint density at radius 3 is 1.93 bits per heavy atom. The fourth-order valence-corrected chi connectivity index (χ4v) is 3.31. The lowest BCUT2D eigenvalue weighted by Crippen LogP contribution is -2.22. The van der Waals surface area contributed by atoms with E-state index in [0.717, 1.165) is 23.6 Å². The number of aromatic nitrogens is 2. The van der Waals surface area contributed by atoms with Gasteiger partial charge >= 0.3 is 0 Å². The van der Waals surface area contributed by atoms with Crippen molar-refractivity contribution < 1.29 is 23.1 Å². The number of benzene rings is 1. The zero-order chi connectivity index (χ0) is 31.6. The first kappa shape index (κ1) is 39.3. The van der Waals surface area contributed by atoms with Gasteiger partial charge in [-0.2, -0.15) is 5.10 Å². The lowest BCUT2D eigenvalue weighted by atomic mass is 9.86. The Hall–Kier alpha value is -2.87. The van der Waals surface area contributed by atoms with Crippen LogP contribution in [-0.4, -0.2) is 46.4 Å². The highest BCUT2D eigenvalue weighted by molar-refractivity contribution is 5.80. The van der Waals surface area contributed by atoms with Gasteiger partial charge in [-0.25, -0.2) is 17.7 Å². The Bertz CT molecular complexity index is 1090. The number of aryl methyl sites for hydroxylation is 2. The molecule has 2 unspecified atom stereocenters. The normalized spacial score (nSPS) is 14.8. The van der Waals surface area contributed by atoms with Crippen molar-refractivity contribution in [2.45, 2.75) is 114 Å². The van der Waals surface area contributed by atoms with Gasteiger partial charge in [0.15, 0.2) is 0 Å². The van der Waals surface area contributed by atoms with E-state index < -0.39 is 12.6 Å². The first-order valence-electron chi connectivity index (χ1n) is 14.2. The van der Waals surface area contributed by atoms with E-state index in [0.29, 0.717) is 12.8 Å². The van der Waals surface area contributed by atoms with Crippen molar-refractivity contribution in [3.63, 3.8) is 0 Å². The number of aliphatic hydroxyl groups is 1. The summed E-state index contributed by atoms with van der Waals surface area (Å²) in [6.07, 6.45) is 2.03. The standard InChI is InChI=1S/C20H24N2O.C4H6FNO.C2H4F2.3C2H6/c1-13-8-16(9-14(2)15(13)3)18-10-21-22-11-17(6-7-19(18)22)20(4,5)12-23;5-3-1-4(3)6-2-7;1-2(3)4;3*1-2/h6-11,23H,12H2,1-5H3;2-4H,1H2,(H,6,7);2H,1H3;3*1-2H3. The van der Waals surface area contributed by atoms with Crippen molar-refractivity contribution in [1.29, 1.82) is 0 Å². The van der Waals surface area contributed by atoms with Crippen molar-refractivity contribution in [3.8, 4) is 11.1 Å². The number of carbonyl (C=O) groups is 1. The number of carbonyl (C=O) groups excluding carboxylic acids is 1. The van der Waals surface area contributed by atoms with Gasteiger partial charge in [0.2, 0.25) is 12.8 Å². The van der Waals surface area contributed by atoms with Crippen molar-refractivity contribution >= 4 is 11.9 Å². The summed E-state index contributed by atoms with van der Waals surface area (Å²) in [7, 11) is 0. The van der Waals surface area contributed by atoms with Crippen LogP contribution in [0.3, 0.4) is 0 Å². The average Bonchev–Trinajstić information content (AvgIpc) is 3.47. The van der Waals surface area contributed by atoms with Crippen LogP contribution in [0.4, 0.5) is 13.2 Å². The summed E-state index contributed by atoms with van der Waals surface area (Å²) in [5.74, 6) is 0.